The highest BCUT2D eigenvalue weighted by atomic mass is 19.1. The number of rotatable bonds is 8. The second-order valence-electron chi connectivity index (χ2n) is 9.07. The number of morpholine rings is 1. The Kier molecular flexibility index (Phi) is 7.58. The summed E-state index contributed by atoms with van der Waals surface area (Å²) in [4.78, 5) is 33.9. The van der Waals surface area contributed by atoms with E-state index in [9.17, 15) is 14.4 Å². The van der Waals surface area contributed by atoms with E-state index in [-0.39, 0.29) is 18.7 Å². The van der Waals surface area contributed by atoms with Crippen LogP contribution < -0.4 is 10.2 Å². The van der Waals surface area contributed by atoms with Crippen LogP contribution in [0.25, 0.3) is 11.3 Å². The number of Topliss-reactive ketones (excluding diaryl/α,β-unsaturated/α-hetero) is 1. The molecule has 2 aliphatic rings. The van der Waals surface area contributed by atoms with Crippen LogP contribution in [-0.2, 0) is 16.0 Å². The van der Waals surface area contributed by atoms with E-state index in [4.69, 9.17) is 4.74 Å². The summed E-state index contributed by atoms with van der Waals surface area (Å²) >= 11 is 0. The lowest BCUT2D eigenvalue weighted by Gasteiger charge is -2.25. The Bertz CT molecular complexity index is 1290. The summed E-state index contributed by atoms with van der Waals surface area (Å²) in [6, 6.07) is 9.26. The van der Waals surface area contributed by atoms with Gasteiger partial charge < -0.3 is 15.0 Å². The van der Waals surface area contributed by atoms with Crippen molar-refractivity contribution in [3.63, 3.8) is 0 Å². The van der Waals surface area contributed by atoms with E-state index in [2.05, 4.69) is 36.2 Å². The van der Waals surface area contributed by atoms with Crippen molar-refractivity contribution in [3.8, 4) is 17.3 Å². The maximum Gasteiger partial charge on any atom is 0.227 e. The summed E-state index contributed by atoms with van der Waals surface area (Å²) in [5.74, 6) is 0.975. The molecule has 2 aliphatic heterocycles. The van der Waals surface area contributed by atoms with E-state index in [1.165, 1.54) is 0 Å². The van der Waals surface area contributed by atoms with E-state index < -0.39 is 6.17 Å². The first-order valence-corrected chi connectivity index (χ1v) is 12.2. The number of nitriles is 1. The summed E-state index contributed by atoms with van der Waals surface area (Å²) in [5, 5.41) is 12.8. The number of aromatic nitrogens is 4. The molecule has 0 amide bonds. The molecule has 0 aliphatic carbocycles. The lowest BCUT2D eigenvalue weighted by molar-refractivity contribution is -0.120. The Labute approximate surface area is 214 Å². The van der Waals surface area contributed by atoms with Crippen molar-refractivity contribution in [2.24, 2.45) is 0 Å². The Morgan fingerprint density at radius 1 is 1.16 bits per heavy atom. The molecule has 5 heterocycles. The minimum atomic E-state index is -0.900. The molecule has 3 aromatic rings. The minimum absolute atomic E-state index is 0.122. The number of nitrogens with one attached hydrogen (secondary N) is 1. The van der Waals surface area contributed by atoms with E-state index in [0.29, 0.717) is 72.7 Å². The van der Waals surface area contributed by atoms with Gasteiger partial charge in [0, 0.05) is 43.3 Å². The van der Waals surface area contributed by atoms with Crippen LogP contribution in [0.3, 0.4) is 0 Å². The number of pyridine rings is 2. The van der Waals surface area contributed by atoms with Crippen molar-refractivity contribution in [2.75, 3.05) is 56.2 Å². The summed E-state index contributed by atoms with van der Waals surface area (Å²) in [6.45, 7) is 4.07. The van der Waals surface area contributed by atoms with Crippen molar-refractivity contribution in [3.05, 3.63) is 54.1 Å². The van der Waals surface area contributed by atoms with Crippen LogP contribution in [0.5, 0.6) is 0 Å². The predicted octanol–water partition coefficient (Wildman–Crippen LogP) is 2.54. The van der Waals surface area contributed by atoms with Gasteiger partial charge in [-0.2, -0.15) is 5.26 Å². The van der Waals surface area contributed by atoms with Crippen molar-refractivity contribution in [1.29, 1.82) is 5.26 Å². The SMILES string of the molecule is N#Cc1cc(-c2ccnc(Nc3ccc(CC(=O)CN4CCOCC4)nc3)n2)cnc1N1CC[C@H](F)C1. The van der Waals surface area contributed by atoms with Gasteiger partial charge in [0.25, 0.3) is 0 Å². The fourth-order valence-electron chi connectivity index (χ4n) is 4.42. The molecular formula is C26H27FN8O2. The molecule has 0 saturated carbocycles. The zero-order valence-corrected chi connectivity index (χ0v) is 20.3. The molecule has 0 unspecified atom stereocenters. The Balaban J connectivity index is 1.23. The molecule has 0 bridgehead atoms. The van der Waals surface area contributed by atoms with E-state index in [1.54, 1.807) is 35.6 Å². The van der Waals surface area contributed by atoms with Crippen molar-refractivity contribution < 1.29 is 13.9 Å². The normalized spacial score (nSPS) is 17.9. The maximum atomic E-state index is 13.6. The van der Waals surface area contributed by atoms with Crippen LogP contribution in [0, 0.1) is 11.3 Å². The van der Waals surface area contributed by atoms with Gasteiger partial charge in [0.2, 0.25) is 5.95 Å². The van der Waals surface area contributed by atoms with Crippen LogP contribution in [0.2, 0.25) is 0 Å². The topological polar surface area (TPSA) is 120 Å². The Morgan fingerprint density at radius 3 is 2.76 bits per heavy atom. The smallest absolute Gasteiger partial charge is 0.227 e. The molecular weight excluding hydrogens is 475 g/mol. The molecule has 10 nitrogen and oxygen atoms in total. The van der Waals surface area contributed by atoms with E-state index in [0.717, 1.165) is 13.1 Å². The number of carbonyl (C=O) groups excluding carboxylic acids is 1. The zero-order valence-electron chi connectivity index (χ0n) is 20.3. The first-order chi connectivity index (χ1) is 18.1. The first-order valence-electron chi connectivity index (χ1n) is 12.2. The van der Waals surface area contributed by atoms with Crippen molar-refractivity contribution >= 4 is 23.2 Å². The molecule has 190 valence electrons. The van der Waals surface area contributed by atoms with Crippen LogP contribution in [0.4, 0.5) is 21.8 Å². The number of halogens is 1. The van der Waals surface area contributed by atoms with Gasteiger partial charge in [-0.1, -0.05) is 0 Å². The molecule has 5 rings (SSSR count). The molecule has 2 saturated heterocycles. The number of nitrogens with zero attached hydrogens (tertiary/aromatic N) is 7. The summed E-state index contributed by atoms with van der Waals surface area (Å²) < 4.78 is 18.9. The average molecular weight is 503 g/mol. The van der Waals surface area contributed by atoms with Gasteiger partial charge in [-0.3, -0.25) is 14.7 Å². The lowest BCUT2D eigenvalue weighted by Crippen LogP contribution is -2.39. The Hall–Kier alpha value is -4.01. The number of alkyl halides is 1. The van der Waals surface area contributed by atoms with Gasteiger partial charge in [0.15, 0.2) is 5.78 Å². The standard InChI is InChI=1S/C26H27FN8O2/c27-20-4-6-35(16-20)25-18(13-28)11-19(14-31-25)24-3-5-29-26(33-24)32-22-2-1-21(30-15-22)12-23(36)17-34-7-9-37-10-8-34/h1-3,5,11,14-15,20H,4,6-10,12,16-17H2,(H,29,32,33)/t20-/m0/s1. The molecule has 1 atom stereocenters. The molecule has 1 N–H and O–H groups in total. The third-order valence-corrected chi connectivity index (χ3v) is 6.33. The molecule has 2 fully saturated rings. The highest BCUT2D eigenvalue weighted by Crippen LogP contribution is 2.27. The Morgan fingerprint density at radius 2 is 2.03 bits per heavy atom. The summed E-state index contributed by atoms with van der Waals surface area (Å²) in [7, 11) is 0. The zero-order chi connectivity index (χ0) is 25.6. The second kappa shape index (κ2) is 11.4. The van der Waals surface area contributed by atoms with Crippen molar-refractivity contribution in [2.45, 2.75) is 19.0 Å². The van der Waals surface area contributed by atoms with Crippen LogP contribution in [0.1, 0.15) is 17.7 Å². The van der Waals surface area contributed by atoms with Gasteiger partial charge in [0.05, 0.1) is 55.9 Å². The van der Waals surface area contributed by atoms with E-state index in [1.807, 2.05) is 12.1 Å². The van der Waals surface area contributed by atoms with Crippen LogP contribution >= 0.6 is 0 Å². The van der Waals surface area contributed by atoms with Gasteiger partial charge in [-0.25, -0.2) is 19.3 Å². The molecule has 3 aromatic heterocycles. The van der Waals surface area contributed by atoms with Crippen molar-refractivity contribution in [1.82, 2.24) is 24.8 Å². The average Bonchev–Trinajstić information content (AvgIpc) is 3.36. The maximum absolute atomic E-state index is 13.6. The number of ketones is 1. The fraction of sp³-hybridized carbons (Fsp3) is 0.385. The van der Waals surface area contributed by atoms with Gasteiger partial charge in [-0.15, -0.1) is 0 Å². The highest BCUT2D eigenvalue weighted by Gasteiger charge is 2.25. The number of anilines is 3. The largest absolute Gasteiger partial charge is 0.379 e. The van der Waals surface area contributed by atoms with Crippen LogP contribution in [0.15, 0.2) is 42.9 Å². The molecule has 0 aromatic carbocycles. The molecule has 37 heavy (non-hydrogen) atoms. The van der Waals surface area contributed by atoms with Gasteiger partial charge >= 0.3 is 0 Å². The molecule has 0 spiro atoms. The first kappa shape index (κ1) is 24.7. The second-order valence-corrected chi connectivity index (χ2v) is 9.07. The highest BCUT2D eigenvalue weighted by molar-refractivity contribution is 5.82. The van der Waals surface area contributed by atoms with Gasteiger partial charge in [0.1, 0.15) is 18.1 Å². The predicted molar refractivity (Wildman–Crippen MR) is 135 cm³/mol. The number of hydrogen-bond acceptors (Lipinski definition) is 10. The quantitative estimate of drug-likeness (QED) is 0.492. The summed E-state index contributed by atoms with van der Waals surface area (Å²) in [5.41, 5.74) is 3.01. The fourth-order valence-corrected chi connectivity index (χ4v) is 4.42. The minimum Gasteiger partial charge on any atom is -0.379 e. The van der Waals surface area contributed by atoms with Gasteiger partial charge in [-0.05, 0) is 30.7 Å². The third-order valence-electron chi connectivity index (χ3n) is 6.33. The number of ether oxygens (including phenoxy) is 1. The number of carbonyl (C=O) groups is 1. The third kappa shape index (κ3) is 6.22. The molecule has 11 heteroatoms. The van der Waals surface area contributed by atoms with E-state index >= 15 is 0 Å². The summed E-state index contributed by atoms with van der Waals surface area (Å²) in [6.07, 6.45) is 4.71. The lowest BCUT2D eigenvalue weighted by atomic mass is 10.1. The van der Waals surface area contributed by atoms with Crippen LogP contribution in [-0.4, -0.2) is 82.7 Å². The molecule has 0 radical (unpaired) electrons. The monoisotopic (exact) mass is 502 g/mol. The number of hydrogen-bond donors (Lipinski definition) is 1.